The molecule has 1 amide bonds. The number of carbonyl (C=O) groups is 1. The predicted octanol–water partition coefficient (Wildman–Crippen LogP) is 3.80. The Labute approximate surface area is 123 Å². The van der Waals surface area contributed by atoms with Crippen LogP contribution in [0, 0.1) is 16.0 Å². The Morgan fingerprint density at radius 1 is 1.45 bits per heavy atom. The van der Waals surface area contributed by atoms with E-state index in [0.29, 0.717) is 5.92 Å². The standard InChI is InChI=1S/C14H19ClN2O3/c1-4-9(2)7-10(3)16-14(18)12-8-11(17(19)20)5-6-13(12)15/h5-6,8-10H,4,7H2,1-3H3,(H,16,18). The SMILES string of the molecule is CCC(C)CC(C)NC(=O)c1cc([N+](=O)[O-])ccc1Cl. The van der Waals surface area contributed by atoms with E-state index in [2.05, 4.69) is 19.2 Å². The zero-order valence-corrected chi connectivity index (χ0v) is 12.6. The third-order valence-electron chi connectivity index (χ3n) is 3.24. The molecule has 0 saturated heterocycles. The van der Waals surface area contributed by atoms with Crippen LogP contribution in [0.15, 0.2) is 18.2 Å². The lowest BCUT2D eigenvalue weighted by molar-refractivity contribution is -0.384. The third kappa shape index (κ3) is 4.49. The molecule has 0 heterocycles. The summed E-state index contributed by atoms with van der Waals surface area (Å²) in [6.45, 7) is 6.12. The molecule has 1 N–H and O–H groups in total. The topological polar surface area (TPSA) is 72.2 Å². The van der Waals surface area contributed by atoms with Crippen molar-refractivity contribution in [2.75, 3.05) is 0 Å². The summed E-state index contributed by atoms with van der Waals surface area (Å²) in [5.41, 5.74) is -0.00834. The van der Waals surface area contributed by atoms with Gasteiger partial charge in [0, 0.05) is 18.2 Å². The molecule has 0 bridgehead atoms. The van der Waals surface area contributed by atoms with Crippen LogP contribution in [0.3, 0.4) is 0 Å². The summed E-state index contributed by atoms with van der Waals surface area (Å²) < 4.78 is 0. The molecule has 1 aromatic rings. The number of benzene rings is 1. The van der Waals surface area contributed by atoms with Gasteiger partial charge in [-0.1, -0.05) is 31.9 Å². The van der Waals surface area contributed by atoms with Crippen molar-refractivity contribution in [1.29, 1.82) is 0 Å². The van der Waals surface area contributed by atoms with Crippen LogP contribution in [0.2, 0.25) is 5.02 Å². The molecular weight excluding hydrogens is 280 g/mol. The molecule has 20 heavy (non-hydrogen) atoms. The number of nitro groups is 1. The molecule has 0 aliphatic carbocycles. The summed E-state index contributed by atoms with van der Waals surface area (Å²) in [6.07, 6.45) is 1.90. The van der Waals surface area contributed by atoms with Gasteiger partial charge in [0.1, 0.15) is 0 Å². The molecule has 0 radical (unpaired) electrons. The maximum Gasteiger partial charge on any atom is 0.270 e. The molecule has 0 aliphatic rings. The Morgan fingerprint density at radius 2 is 2.10 bits per heavy atom. The van der Waals surface area contributed by atoms with E-state index in [9.17, 15) is 14.9 Å². The molecule has 2 atom stereocenters. The zero-order chi connectivity index (χ0) is 15.3. The third-order valence-corrected chi connectivity index (χ3v) is 3.57. The molecule has 5 nitrogen and oxygen atoms in total. The molecule has 0 spiro atoms. The number of non-ortho nitro benzene ring substituents is 1. The van der Waals surface area contributed by atoms with E-state index in [-0.39, 0.29) is 28.2 Å². The van der Waals surface area contributed by atoms with Crippen LogP contribution in [0.25, 0.3) is 0 Å². The lowest BCUT2D eigenvalue weighted by Gasteiger charge is -2.17. The molecular formula is C14H19ClN2O3. The van der Waals surface area contributed by atoms with Crippen molar-refractivity contribution < 1.29 is 9.72 Å². The lowest BCUT2D eigenvalue weighted by atomic mass is 10.00. The highest BCUT2D eigenvalue weighted by Crippen LogP contribution is 2.22. The Hall–Kier alpha value is -1.62. The van der Waals surface area contributed by atoms with E-state index in [1.54, 1.807) is 0 Å². The maximum absolute atomic E-state index is 12.1. The van der Waals surface area contributed by atoms with E-state index in [1.165, 1.54) is 18.2 Å². The minimum atomic E-state index is -0.546. The highest BCUT2D eigenvalue weighted by Gasteiger charge is 2.18. The van der Waals surface area contributed by atoms with Gasteiger partial charge in [-0.05, 0) is 25.3 Å². The van der Waals surface area contributed by atoms with Crippen molar-refractivity contribution in [3.8, 4) is 0 Å². The second-order valence-electron chi connectivity index (χ2n) is 5.04. The number of nitro benzene ring substituents is 1. The molecule has 1 aromatic carbocycles. The van der Waals surface area contributed by atoms with E-state index < -0.39 is 4.92 Å². The van der Waals surface area contributed by atoms with Crippen molar-refractivity contribution in [2.24, 2.45) is 5.92 Å². The van der Waals surface area contributed by atoms with Crippen LogP contribution < -0.4 is 5.32 Å². The monoisotopic (exact) mass is 298 g/mol. The van der Waals surface area contributed by atoms with Crippen LogP contribution in [-0.2, 0) is 0 Å². The van der Waals surface area contributed by atoms with E-state index in [1.807, 2.05) is 6.92 Å². The fraction of sp³-hybridized carbons (Fsp3) is 0.500. The van der Waals surface area contributed by atoms with Gasteiger partial charge < -0.3 is 5.32 Å². The van der Waals surface area contributed by atoms with Crippen LogP contribution in [-0.4, -0.2) is 16.9 Å². The molecule has 0 fully saturated rings. The first kappa shape index (κ1) is 16.4. The fourth-order valence-corrected chi connectivity index (χ4v) is 2.13. The number of hydrogen-bond acceptors (Lipinski definition) is 3. The van der Waals surface area contributed by atoms with Crippen molar-refractivity contribution in [2.45, 2.75) is 39.7 Å². The Balaban J connectivity index is 2.81. The average molecular weight is 299 g/mol. The number of nitrogens with one attached hydrogen (secondary N) is 1. The number of amides is 1. The number of carbonyl (C=O) groups excluding carboxylic acids is 1. The van der Waals surface area contributed by atoms with Crippen molar-refractivity contribution >= 4 is 23.2 Å². The molecule has 6 heteroatoms. The van der Waals surface area contributed by atoms with Gasteiger partial charge in [-0.2, -0.15) is 0 Å². The summed E-state index contributed by atoms with van der Waals surface area (Å²) in [7, 11) is 0. The lowest BCUT2D eigenvalue weighted by Crippen LogP contribution is -2.33. The molecule has 1 rings (SSSR count). The van der Waals surface area contributed by atoms with Gasteiger partial charge in [0.25, 0.3) is 11.6 Å². The smallest absolute Gasteiger partial charge is 0.270 e. The molecule has 0 saturated carbocycles. The van der Waals surface area contributed by atoms with Gasteiger partial charge in [-0.15, -0.1) is 0 Å². The molecule has 110 valence electrons. The minimum Gasteiger partial charge on any atom is -0.350 e. The van der Waals surface area contributed by atoms with Crippen molar-refractivity contribution in [1.82, 2.24) is 5.32 Å². The predicted molar refractivity (Wildman–Crippen MR) is 79.1 cm³/mol. The van der Waals surface area contributed by atoms with Gasteiger partial charge in [-0.25, -0.2) is 0 Å². The fourth-order valence-electron chi connectivity index (χ4n) is 1.93. The molecule has 0 aliphatic heterocycles. The summed E-state index contributed by atoms with van der Waals surface area (Å²) in [4.78, 5) is 22.3. The maximum atomic E-state index is 12.1. The highest BCUT2D eigenvalue weighted by molar-refractivity contribution is 6.33. The second kappa shape index (κ2) is 7.24. The van der Waals surface area contributed by atoms with Crippen molar-refractivity contribution in [3.63, 3.8) is 0 Å². The zero-order valence-electron chi connectivity index (χ0n) is 11.9. The number of hydrogen-bond donors (Lipinski definition) is 1. The van der Waals surface area contributed by atoms with Gasteiger partial charge in [0.05, 0.1) is 15.5 Å². The van der Waals surface area contributed by atoms with E-state index >= 15 is 0 Å². The first-order chi connectivity index (χ1) is 9.35. The minimum absolute atomic E-state index is 0.00669. The first-order valence-corrected chi connectivity index (χ1v) is 6.97. The summed E-state index contributed by atoms with van der Waals surface area (Å²) in [6, 6.07) is 3.84. The highest BCUT2D eigenvalue weighted by atomic mass is 35.5. The van der Waals surface area contributed by atoms with E-state index in [4.69, 9.17) is 11.6 Å². The van der Waals surface area contributed by atoms with Crippen LogP contribution >= 0.6 is 11.6 Å². The number of halogens is 1. The number of nitrogens with zero attached hydrogens (tertiary/aromatic N) is 1. The summed E-state index contributed by atoms with van der Waals surface area (Å²) in [5.74, 6) is 0.125. The van der Waals surface area contributed by atoms with Gasteiger partial charge >= 0.3 is 0 Å². The number of rotatable bonds is 6. The van der Waals surface area contributed by atoms with Gasteiger partial charge in [0.15, 0.2) is 0 Å². The first-order valence-electron chi connectivity index (χ1n) is 6.60. The van der Waals surface area contributed by atoms with Crippen LogP contribution in [0.5, 0.6) is 0 Å². The second-order valence-corrected chi connectivity index (χ2v) is 5.45. The average Bonchev–Trinajstić information content (AvgIpc) is 2.38. The quantitative estimate of drug-likeness (QED) is 0.641. The molecule has 0 aromatic heterocycles. The van der Waals surface area contributed by atoms with E-state index in [0.717, 1.165) is 12.8 Å². The largest absolute Gasteiger partial charge is 0.350 e. The Morgan fingerprint density at radius 3 is 2.65 bits per heavy atom. The Kier molecular flexibility index (Phi) is 5.95. The normalized spacial score (nSPS) is 13.6. The van der Waals surface area contributed by atoms with Crippen molar-refractivity contribution in [3.05, 3.63) is 38.9 Å². The molecule has 2 unspecified atom stereocenters. The summed E-state index contributed by atoms with van der Waals surface area (Å²) >= 11 is 5.93. The summed E-state index contributed by atoms with van der Waals surface area (Å²) in [5, 5.41) is 13.8. The van der Waals surface area contributed by atoms with Gasteiger partial charge in [0.2, 0.25) is 0 Å². The van der Waals surface area contributed by atoms with Crippen LogP contribution in [0.4, 0.5) is 5.69 Å². The Bertz CT molecular complexity index is 505. The van der Waals surface area contributed by atoms with Gasteiger partial charge in [-0.3, -0.25) is 14.9 Å². The van der Waals surface area contributed by atoms with Crippen LogP contribution in [0.1, 0.15) is 44.0 Å².